The Morgan fingerprint density at radius 3 is 2.65 bits per heavy atom. The predicted molar refractivity (Wildman–Crippen MR) is 119 cm³/mol. The van der Waals surface area contributed by atoms with E-state index in [0.29, 0.717) is 25.3 Å². The number of aromatic nitrogens is 5. The van der Waals surface area contributed by atoms with E-state index in [2.05, 4.69) is 25.5 Å². The normalized spacial score (nSPS) is 14.3. The van der Waals surface area contributed by atoms with Crippen LogP contribution in [0.5, 0.6) is 0 Å². The van der Waals surface area contributed by atoms with Crippen molar-refractivity contribution in [3.63, 3.8) is 0 Å². The first-order chi connectivity index (χ1) is 15.1. The fraction of sp³-hybridized carbons (Fsp3) is 0.304. The molecular weight excluding hydrogens is 392 g/mol. The third-order valence-electron chi connectivity index (χ3n) is 5.67. The second-order valence-corrected chi connectivity index (χ2v) is 7.84. The molecule has 0 radical (unpaired) electrons. The fourth-order valence-corrected chi connectivity index (χ4v) is 4.03. The molecule has 4 aromatic heterocycles. The molecule has 0 spiro atoms. The third-order valence-corrected chi connectivity index (χ3v) is 5.67. The Morgan fingerprint density at radius 2 is 1.90 bits per heavy atom. The lowest BCUT2D eigenvalue weighted by Crippen LogP contribution is -2.36. The second-order valence-electron chi connectivity index (χ2n) is 7.84. The first kappa shape index (κ1) is 19.4. The SMILES string of the molecule is Cc1cc(-c2nc3cnc(N4CCOCC4)cc3n2Cc2ccncc2)cn(C)c1=O. The van der Waals surface area contributed by atoms with Gasteiger partial charge in [0.2, 0.25) is 0 Å². The molecule has 0 atom stereocenters. The Balaban J connectivity index is 1.68. The quantitative estimate of drug-likeness (QED) is 0.508. The lowest BCUT2D eigenvalue weighted by atomic mass is 10.2. The third kappa shape index (κ3) is 3.70. The second kappa shape index (κ2) is 7.96. The van der Waals surface area contributed by atoms with E-state index in [1.807, 2.05) is 37.5 Å². The minimum Gasteiger partial charge on any atom is -0.378 e. The van der Waals surface area contributed by atoms with Gasteiger partial charge in [0.1, 0.15) is 17.2 Å². The zero-order chi connectivity index (χ0) is 21.4. The summed E-state index contributed by atoms with van der Waals surface area (Å²) in [5, 5.41) is 0. The molecule has 0 aromatic carbocycles. The number of hydrogen-bond acceptors (Lipinski definition) is 6. The summed E-state index contributed by atoms with van der Waals surface area (Å²) >= 11 is 0. The van der Waals surface area contributed by atoms with Gasteiger partial charge < -0.3 is 18.8 Å². The van der Waals surface area contributed by atoms with E-state index < -0.39 is 0 Å². The first-order valence-electron chi connectivity index (χ1n) is 10.4. The number of aryl methyl sites for hydroxylation is 2. The molecule has 158 valence electrons. The van der Waals surface area contributed by atoms with E-state index in [0.717, 1.165) is 46.9 Å². The van der Waals surface area contributed by atoms with Crippen molar-refractivity contribution in [2.75, 3.05) is 31.2 Å². The lowest BCUT2D eigenvalue weighted by Gasteiger charge is -2.27. The van der Waals surface area contributed by atoms with Crippen LogP contribution in [0.1, 0.15) is 11.1 Å². The van der Waals surface area contributed by atoms with Crippen LogP contribution in [0.15, 0.2) is 53.8 Å². The minimum atomic E-state index is -0.00295. The van der Waals surface area contributed by atoms with E-state index in [-0.39, 0.29) is 5.56 Å². The summed E-state index contributed by atoms with van der Waals surface area (Å²) in [5.41, 5.74) is 4.55. The van der Waals surface area contributed by atoms with Crippen molar-refractivity contribution < 1.29 is 4.74 Å². The smallest absolute Gasteiger partial charge is 0.253 e. The summed E-state index contributed by atoms with van der Waals surface area (Å²) in [6.07, 6.45) is 7.27. The molecule has 1 saturated heterocycles. The predicted octanol–water partition coefficient (Wildman–Crippen LogP) is 2.39. The lowest BCUT2D eigenvalue weighted by molar-refractivity contribution is 0.122. The van der Waals surface area contributed by atoms with Crippen LogP contribution in [-0.2, 0) is 18.3 Å². The van der Waals surface area contributed by atoms with Gasteiger partial charge in [0.05, 0.1) is 24.9 Å². The molecule has 0 saturated carbocycles. The van der Waals surface area contributed by atoms with E-state index in [4.69, 9.17) is 9.72 Å². The van der Waals surface area contributed by atoms with Crippen LogP contribution in [0.3, 0.4) is 0 Å². The molecule has 5 rings (SSSR count). The van der Waals surface area contributed by atoms with Crippen LogP contribution in [0.2, 0.25) is 0 Å². The molecule has 0 amide bonds. The standard InChI is InChI=1S/C23H24N6O2/c1-16-11-18(15-27(2)23(16)30)22-26-19-13-25-21(28-7-9-31-10-8-28)12-20(19)29(22)14-17-3-5-24-6-4-17/h3-6,11-13,15H,7-10,14H2,1-2H3. The topological polar surface area (TPSA) is 78.1 Å². The van der Waals surface area contributed by atoms with E-state index in [1.54, 1.807) is 24.0 Å². The Morgan fingerprint density at radius 1 is 1.13 bits per heavy atom. The van der Waals surface area contributed by atoms with Crippen molar-refractivity contribution >= 4 is 16.9 Å². The van der Waals surface area contributed by atoms with Gasteiger partial charge in [-0.1, -0.05) is 0 Å². The van der Waals surface area contributed by atoms with Crippen molar-refractivity contribution in [1.82, 2.24) is 24.1 Å². The van der Waals surface area contributed by atoms with Crippen molar-refractivity contribution in [3.05, 3.63) is 70.5 Å². The van der Waals surface area contributed by atoms with Crippen LogP contribution in [0, 0.1) is 6.92 Å². The summed E-state index contributed by atoms with van der Waals surface area (Å²) in [6, 6.07) is 8.02. The number of ether oxygens (including phenoxy) is 1. The van der Waals surface area contributed by atoms with Gasteiger partial charge in [-0.05, 0) is 30.7 Å². The molecule has 8 heteroatoms. The highest BCUT2D eigenvalue weighted by atomic mass is 16.5. The zero-order valence-electron chi connectivity index (χ0n) is 17.7. The molecule has 1 aliphatic rings. The summed E-state index contributed by atoms with van der Waals surface area (Å²) in [6.45, 7) is 5.54. The van der Waals surface area contributed by atoms with Crippen molar-refractivity contribution in [3.8, 4) is 11.4 Å². The van der Waals surface area contributed by atoms with Gasteiger partial charge in [-0.25, -0.2) is 9.97 Å². The molecule has 5 heterocycles. The molecule has 0 aliphatic carbocycles. The minimum absolute atomic E-state index is 0.00295. The van der Waals surface area contributed by atoms with Gasteiger partial charge in [0.25, 0.3) is 5.56 Å². The molecule has 1 aliphatic heterocycles. The Hall–Kier alpha value is -3.52. The van der Waals surface area contributed by atoms with Crippen LogP contribution in [0.25, 0.3) is 22.4 Å². The first-order valence-corrected chi connectivity index (χ1v) is 10.4. The highest BCUT2D eigenvalue weighted by Crippen LogP contribution is 2.28. The van der Waals surface area contributed by atoms with Gasteiger partial charge in [-0.3, -0.25) is 9.78 Å². The Labute approximate surface area is 179 Å². The van der Waals surface area contributed by atoms with Gasteiger partial charge in [-0.15, -0.1) is 0 Å². The highest BCUT2D eigenvalue weighted by molar-refractivity contribution is 5.82. The molecule has 1 fully saturated rings. The summed E-state index contributed by atoms with van der Waals surface area (Å²) < 4.78 is 9.28. The number of hydrogen-bond donors (Lipinski definition) is 0. The number of imidazole rings is 1. The number of morpholine rings is 1. The Bertz CT molecular complexity index is 1260. The number of fused-ring (bicyclic) bond motifs is 1. The maximum Gasteiger partial charge on any atom is 0.253 e. The van der Waals surface area contributed by atoms with Crippen LogP contribution >= 0.6 is 0 Å². The highest BCUT2D eigenvalue weighted by Gasteiger charge is 2.18. The van der Waals surface area contributed by atoms with Gasteiger partial charge in [0.15, 0.2) is 0 Å². The molecule has 31 heavy (non-hydrogen) atoms. The van der Waals surface area contributed by atoms with Crippen LogP contribution in [-0.4, -0.2) is 50.4 Å². The molecule has 0 bridgehead atoms. The van der Waals surface area contributed by atoms with Crippen molar-refractivity contribution in [2.24, 2.45) is 7.05 Å². The van der Waals surface area contributed by atoms with Crippen molar-refractivity contribution in [2.45, 2.75) is 13.5 Å². The molecule has 0 N–H and O–H groups in total. The average Bonchev–Trinajstić information content (AvgIpc) is 3.16. The summed E-state index contributed by atoms with van der Waals surface area (Å²) in [7, 11) is 1.77. The summed E-state index contributed by atoms with van der Waals surface area (Å²) in [5.74, 6) is 1.74. The molecular formula is C23H24N6O2. The van der Waals surface area contributed by atoms with E-state index >= 15 is 0 Å². The number of pyridine rings is 3. The fourth-order valence-electron chi connectivity index (χ4n) is 4.03. The van der Waals surface area contributed by atoms with Crippen molar-refractivity contribution in [1.29, 1.82) is 0 Å². The maximum atomic E-state index is 12.2. The zero-order valence-corrected chi connectivity index (χ0v) is 17.7. The number of anilines is 1. The number of nitrogens with zero attached hydrogens (tertiary/aromatic N) is 6. The molecule has 8 nitrogen and oxygen atoms in total. The van der Waals surface area contributed by atoms with Crippen LogP contribution in [0.4, 0.5) is 5.82 Å². The van der Waals surface area contributed by atoms with Gasteiger partial charge >= 0.3 is 0 Å². The Kier molecular flexibility index (Phi) is 4.99. The largest absolute Gasteiger partial charge is 0.378 e. The molecule has 4 aromatic rings. The summed E-state index contributed by atoms with van der Waals surface area (Å²) in [4.78, 5) is 28.2. The molecule has 0 unspecified atom stereocenters. The van der Waals surface area contributed by atoms with Crippen LogP contribution < -0.4 is 10.5 Å². The monoisotopic (exact) mass is 416 g/mol. The van der Waals surface area contributed by atoms with Gasteiger partial charge in [0, 0.05) is 62.5 Å². The maximum absolute atomic E-state index is 12.2. The van der Waals surface area contributed by atoms with Gasteiger partial charge in [-0.2, -0.15) is 0 Å². The number of rotatable bonds is 4. The van der Waals surface area contributed by atoms with E-state index in [9.17, 15) is 4.79 Å². The average molecular weight is 416 g/mol. The van der Waals surface area contributed by atoms with E-state index in [1.165, 1.54) is 0 Å².